The second-order valence-corrected chi connectivity index (χ2v) is 6.52. The van der Waals surface area contributed by atoms with Crippen molar-refractivity contribution in [2.45, 2.75) is 51.0 Å². The third kappa shape index (κ3) is 5.54. The number of methoxy groups -OCH3 is 1. The molecular weight excluding hydrogens is 314 g/mol. The van der Waals surface area contributed by atoms with Gasteiger partial charge in [0.15, 0.2) is 0 Å². The summed E-state index contributed by atoms with van der Waals surface area (Å²) in [5.41, 5.74) is 0.744. The van der Waals surface area contributed by atoms with Crippen LogP contribution in [-0.4, -0.2) is 19.0 Å². The van der Waals surface area contributed by atoms with Gasteiger partial charge in [-0.3, -0.25) is 9.59 Å². The van der Waals surface area contributed by atoms with Crippen LogP contribution in [0.5, 0.6) is 0 Å². The summed E-state index contributed by atoms with van der Waals surface area (Å²) >= 11 is 6.21. The van der Waals surface area contributed by atoms with Crippen molar-refractivity contribution < 1.29 is 14.3 Å². The molecule has 1 amide bonds. The second kappa shape index (κ2) is 8.92. The Balaban J connectivity index is 1.97. The molecule has 1 unspecified atom stereocenters. The molecule has 0 aliphatic heterocycles. The molecule has 1 atom stereocenters. The van der Waals surface area contributed by atoms with Gasteiger partial charge in [-0.05, 0) is 24.0 Å². The van der Waals surface area contributed by atoms with Gasteiger partial charge in [-0.25, -0.2) is 0 Å². The molecule has 1 fully saturated rings. The van der Waals surface area contributed by atoms with Crippen LogP contribution in [0.4, 0.5) is 0 Å². The largest absolute Gasteiger partial charge is 0.469 e. The zero-order valence-electron chi connectivity index (χ0n) is 13.5. The summed E-state index contributed by atoms with van der Waals surface area (Å²) in [6, 6.07) is 6.80. The molecule has 0 aromatic heterocycles. The van der Waals surface area contributed by atoms with Crippen molar-refractivity contribution in [2.75, 3.05) is 7.11 Å². The SMILES string of the molecule is COC(=O)CC(NC(=O)CCC1CCCC1)c1ccccc1Cl. The summed E-state index contributed by atoms with van der Waals surface area (Å²) in [6.07, 6.45) is 6.49. The Labute approximate surface area is 142 Å². The highest BCUT2D eigenvalue weighted by Crippen LogP contribution is 2.29. The van der Waals surface area contributed by atoms with E-state index in [0.717, 1.165) is 12.0 Å². The van der Waals surface area contributed by atoms with Crippen LogP contribution < -0.4 is 5.32 Å². The molecule has 1 saturated carbocycles. The minimum absolute atomic E-state index is 0.0364. The lowest BCUT2D eigenvalue weighted by atomic mass is 10.0. The molecular formula is C18H24ClNO3. The number of esters is 1. The second-order valence-electron chi connectivity index (χ2n) is 6.11. The van der Waals surface area contributed by atoms with Gasteiger partial charge in [0.2, 0.25) is 5.91 Å². The van der Waals surface area contributed by atoms with Crippen LogP contribution in [0.15, 0.2) is 24.3 Å². The Kier molecular flexibility index (Phi) is 6.90. The lowest BCUT2D eigenvalue weighted by molar-refractivity contribution is -0.141. The van der Waals surface area contributed by atoms with E-state index >= 15 is 0 Å². The van der Waals surface area contributed by atoms with Gasteiger partial charge in [-0.15, -0.1) is 0 Å². The predicted octanol–water partition coefficient (Wildman–Crippen LogP) is 4.03. The molecule has 0 bridgehead atoms. The quantitative estimate of drug-likeness (QED) is 0.764. The van der Waals surface area contributed by atoms with Crippen molar-refractivity contribution in [3.8, 4) is 0 Å². The molecule has 5 heteroatoms. The van der Waals surface area contributed by atoms with E-state index in [1.54, 1.807) is 6.07 Å². The van der Waals surface area contributed by atoms with Gasteiger partial charge in [0.25, 0.3) is 0 Å². The molecule has 1 aromatic carbocycles. The molecule has 23 heavy (non-hydrogen) atoms. The minimum Gasteiger partial charge on any atom is -0.469 e. The van der Waals surface area contributed by atoms with Crippen LogP contribution >= 0.6 is 11.6 Å². The highest BCUT2D eigenvalue weighted by atomic mass is 35.5. The number of rotatable bonds is 7. The minimum atomic E-state index is -0.452. The number of amides is 1. The van der Waals surface area contributed by atoms with Crippen LogP contribution in [0.25, 0.3) is 0 Å². The van der Waals surface area contributed by atoms with Crippen LogP contribution in [0.2, 0.25) is 5.02 Å². The average molecular weight is 338 g/mol. The first-order chi connectivity index (χ1) is 11.1. The lowest BCUT2D eigenvalue weighted by Crippen LogP contribution is -2.30. The van der Waals surface area contributed by atoms with Crippen LogP contribution in [-0.2, 0) is 14.3 Å². The number of ether oxygens (including phenoxy) is 1. The number of halogens is 1. The maximum absolute atomic E-state index is 12.3. The van der Waals surface area contributed by atoms with Gasteiger partial charge in [0, 0.05) is 11.4 Å². The maximum atomic E-state index is 12.3. The van der Waals surface area contributed by atoms with Crippen molar-refractivity contribution in [1.29, 1.82) is 0 Å². The summed E-state index contributed by atoms with van der Waals surface area (Å²) < 4.78 is 4.73. The summed E-state index contributed by atoms with van der Waals surface area (Å²) in [6.45, 7) is 0. The fourth-order valence-electron chi connectivity index (χ4n) is 3.15. The zero-order valence-corrected chi connectivity index (χ0v) is 14.3. The number of benzene rings is 1. The highest BCUT2D eigenvalue weighted by Gasteiger charge is 2.22. The van der Waals surface area contributed by atoms with Crippen LogP contribution in [0, 0.1) is 5.92 Å². The summed E-state index contributed by atoms with van der Waals surface area (Å²) in [5.74, 6) is 0.261. The highest BCUT2D eigenvalue weighted by molar-refractivity contribution is 6.31. The van der Waals surface area contributed by atoms with Crippen molar-refractivity contribution >= 4 is 23.5 Å². The Morgan fingerprint density at radius 2 is 2.00 bits per heavy atom. The molecule has 1 aliphatic rings. The van der Waals surface area contributed by atoms with E-state index in [0.29, 0.717) is 17.4 Å². The van der Waals surface area contributed by atoms with Gasteiger partial charge in [-0.1, -0.05) is 55.5 Å². The third-order valence-corrected chi connectivity index (χ3v) is 4.81. The van der Waals surface area contributed by atoms with Gasteiger partial charge in [-0.2, -0.15) is 0 Å². The smallest absolute Gasteiger partial charge is 0.307 e. The molecule has 0 spiro atoms. The van der Waals surface area contributed by atoms with E-state index in [9.17, 15) is 9.59 Å². The number of hydrogen-bond acceptors (Lipinski definition) is 3. The molecule has 0 heterocycles. The Bertz CT molecular complexity index is 541. The Morgan fingerprint density at radius 3 is 2.65 bits per heavy atom. The average Bonchev–Trinajstić information content (AvgIpc) is 3.06. The third-order valence-electron chi connectivity index (χ3n) is 4.47. The first-order valence-corrected chi connectivity index (χ1v) is 8.58. The van der Waals surface area contributed by atoms with E-state index < -0.39 is 6.04 Å². The fourth-order valence-corrected chi connectivity index (χ4v) is 3.41. The zero-order chi connectivity index (χ0) is 16.7. The van der Waals surface area contributed by atoms with E-state index in [2.05, 4.69) is 5.32 Å². The summed E-state index contributed by atoms with van der Waals surface area (Å²) in [4.78, 5) is 23.9. The van der Waals surface area contributed by atoms with Gasteiger partial charge >= 0.3 is 5.97 Å². The lowest BCUT2D eigenvalue weighted by Gasteiger charge is -2.20. The first kappa shape index (κ1) is 17.8. The first-order valence-electron chi connectivity index (χ1n) is 8.20. The van der Waals surface area contributed by atoms with Crippen molar-refractivity contribution in [3.63, 3.8) is 0 Å². The molecule has 1 aromatic rings. The topological polar surface area (TPSA) is 55.4 Å². The summed E-state index contributed by atoms with van der Waals surface area (Å²) in [7, 11) is 1.34. The van der Waals surface area contributed by atoms with E-state index in [1.165, 1.54) is 32.8 Å². The van der Waals surface area contributed by atoms with Crippen LogP contribution in [0.3, 0.4) is 0 Å². The van der Waals surface area contributed by atoms with Crippen molar-refractivity contribution in [1.82, 2.24) is 5.32 Å². The normalized spacial score (nSPS) is 16.1. The standard InChI is InChI=1S/C18H24ClNO3/c1-23-18(22)12-16(14-8-4-5-9-15(14)19)20-17(21)11-10-13-6-2-3-7-13/h4-5,8-9,13,16H,2-3,6-7,10-12H2,1H3,(H,20,21). The molecule has 1 N–H and O–H groups in total. The molecule has 2 rings (SSSR count). The monoisotopic (exact) mass is 337 g/mol. The van der Waals surface area contributed by atoms with E-state index in [1.807, 2.05) is 18.2 Å². The van der Waals surface area contributed by atoms with Crippen molar-refractivity contribution in [2.24, 2.45) is 5.92 Å². The number of carbonyl (C=O) groups is 2. The molecule has 126 valence electrons. The number of carbonyl (C=O) groups excluding carboxylic acids is 2. The maximum Gasteiger partial charge on any atom is 0.307 e. The predicted molar refractivity (Wildman–Crippen MR) is 90.2 cm³/mol. The Hall–Kier alpha value is -1.55. The number of nitrogens with one attached hydrogen (secondary N) is 1. The van der Waals surface area contributed by atoms with Gasteiger partial charge < -0.3 is 10.1 Å². The molecule has 0 saturated heterocycles. The fraction of sp³-hybridized carbons (Fsp3) is 0.556. The summed E-state index contributed by atoms with van der Waals surface area (Å²) in [5, 5.41) is 3.48. The van der Waals surface area contributed by atoms with E-state index in [-0.39, 0.29) is 18.3 Å². The van der Waals surface area contributed by atoms with Gasteiger partial charge in [0.1, 0.15) is 0 Å². The van der Waals surface area contributed by atoms with Crippen LogP contribution in [0.1, 0.15) is 56.6 Å². The van der Waals surface area contributed by atoms with Gasteiger partial charge in [0.05, 0.1) is 19.6 Å². The number of hydrogen-bond donors (Lipinski definition) is 1. The molecule has 1 aliphatic carbocycles. The molecule has 4 nitrogen and oxygen atoms in total. The molecule has 0 radical (unpaired) electrons. The van der Waals surface area contributed by atoms with Crippen molar-refractivity contribution in [3.05, 3.63) is 34.9 Å². The van der Waals surface area contributed by atoms with E-state index in [4.69, 9.17) is 16.3 Å². The Morgan fingerprint density at radius 1 is 1.30 bits per heavy atom.